The highest BCUT2D eigenvalue weighted by Gasteiger charge is 2.31. The predicted molar refractivity (Wildman–Crippen MR) is 88.2 cm³/mol. The highest BCUT2D eigenvalue weighted by molar-refractivity contribution is 5.70. The lowest BCUT2D eigenvalue weighted by Gasteiger charge is -2.34. The summed E-state index contributed by atoms with van der Waals surface area (Å²) >= 11 is 0. The van der Waals surface area contributed by atoms with Crippen molar-refractivity contribution in [2.24, 2.45) is 5.92 Å². The van der Waals surface area contributed by atoms with Crippen LogP contribution in [0.15, 0.2) is 24.3 Å². The van der Waals surface area contributed by atoms with Crippen LogP contribution >= 0.6 is 0 Å². The third-order valence-electron chi connectivity index (χ3n) is 5.01. The van der Waals surface area contributed by atoms with Gasteiger partial charge in [0.15, 0.2) is 0 Å². The minimum Gasteiger partial charge on any atom is -0.481 e. The fourth-order valence-electron chi connectivity index (χ4n) is 3.63. The molecule has 1 aromatic carbocycles. The van der Waals surface area contributed by atoms with Crippen molar-refractivity contribution in [2.75, 3.05) is 39.4 Å². The van der Waals surface area contributed by atoms with E-state index in [4.69, 9.17) is 4.74 Å². The van der Waals surface area contributed by atoms with Crippen LogP contribution < -0.4 is 0 Å². The molecule has 1 aromatic rings. The molecule has 0 amide bonds. The van der Waals surface area contributed by atoms with E-state index >= 15 is 0 Å². The van der Waals surface area contributed by atoms with Gasteiger partial charge in [0, 0.05) is 52.0 Å². The van der Waals surface area contributed by atoms with Crippen LogP contribution in [0.1, 0.15) is 18.4 Å². The zero-order valence-corrected chi connectivity index (χ0v) is 13.9. The molecule has 2 heterocycles. The first-order valence-electron chi connectivity index (χ1n) is 8.63. The second-order valence-corrected chi connectivity index (χ2v) is 6.74. The highest BCUT2D eigenvalue weighted by Crippen LogP contribution is 2.20. The fourth-order valence-corrected chi connectivity index (χ4v) is 3.63. The van der Waals surface area contributed by atoms with Crippen LogP contribution in [0.25, 0.3) is 0 Å². The van der Waals surface area contributed by atoms with Crippen molar-refractivity contribution in [1.82, 2.24) is 9.80 Å². The van der Waals surface area contributed by atoms with E-state index < -0.39 is 11.9 Å². The van der Waals surface area contributed by atoms with Gasteiger partial charge < -0.3 is 9.84 Å². The Morgan fingerprint density at radius 2 is 1.88 bits per heavy atom. The van der Waals surface area contributed by atoms with Crippen LogP contribution in [-0.2, 0) is 16.1 Å². The molecule has 0 spiro atoms. The van der Waals surface area contributed by atoms with Crippen LogP contribution in [0.2, 0.25) is 0 Å². The summed E-state index contributed by atoms with van der Waals surface area (Å²) < 4.78 is 18.5. The van der Waals surface area contributed by atoms with Crippen molar-refractivity contribution in [2.45, 2.75) is 25.4 Å². The summed E-state index contributed by atoms with van der Waals surface area (Å²) in [6.07, 6.45) is 1.95. The lowest BCUT2D eigenvalue weighted by Crippen LogP contribution is -2.43. The third-order valence-corrected chi connectivity index (χ3v) is 5.01. The third kappa shape index (κ3) is 4.53. The molecule has 0 bridgehead atoms. The quantitative estimate of drug-likeness (QED) is 0.909. The molecule has 1 N–H and O–H groups in total. The molecule has 132 valence electrons. The van der Waals surface area contributed by atoms with E-state index in [0.717, 1.165) is 44.7 Å². The van der Waals surface area contributed by atoms with Crippen molar-refractivity contribution < 1.29 is 19.0 Å². The topological polar surface area (TPSA) is 53.0 Å². The van der Waals surface area contributed by atoms with E-state index in [2.05, 4.69) is 9.80 Å². The number of nitrogens with zero attached hydrogens (tertiary/aromatic N) is 2. The maximum Gasteiger partial charge on any atom is 0.309 e. The molecule has 2 fully saturated rings. The minimum atomic E-state index is -0.738. The molecule has 2 aliphatic heterocycles. The van der Waals surface area contributed by atoms with Crippen LogP contribution in [0.3, 0.4) is 0 Å². The van der Waals surface area contributed by atoms with Crippen molar-refractivity contribution in [3.8, 4) is 0 Å². The van der Waals surface area contributed by atoms with Gasteiger partial charge in [-0.15, -0.1) is 0 Å². The van der Waals surface area contributed by atoms with Gasteiger partial charge in [-0.05, 0) is 30.5 Å². The van der Waals surface area contributed by atoms with Crippen molar-refractivity contribution >= 4 is 5.97 Å². The van der Waals surface area contributed by atoms with Gasteiger partial charge in [-0.3, -0.25) is 14.6 Å². The lowest BCUT2D eigenvalue weighted by molar-refractivity contribution is -0.142. The highest BCUT2D eigenvalue weighted by atomic mass is 19.1. The first-order valence-corrected chi connectivity index (χ1v) is 8.63. The predicted octanol–water partition coefficient (Wildman–Crippen LogP) is 1.82. The lowest BCUT2D eigenvalue weighted by atomic mass is 10.0. The SMILES string of the molecule is O=C(O)[C@H]1CN(Cc2ccc(F)cc2)CCN(C2CCOCC2)C1. The number of ether oxygens (including phenoxy) is 1. The largest absolute Gasteiger partial charge is 0.481 e. The van der Waals surface area contributed by atoms with Crippen molar-refractivity contribution in [3.05, 3.63) is 35.6 Å². The molecule has 3 rings (SSSR count). The molecule has 1 atom stereocenters. The van der Waals surface area contributed by atoms with E-state index in [-0.39, 0.29) is 5.82 Å². The Hall–Kier alpha value is -1.50. The molecule has 0 saturated carbocycles. The number of aliphatic carboxylic acids is 1. The van der Waals surface area contributed by atoms with Gasteiger partial charge in [0.1, 0.15) is 5.82 Å². The number of hydrogen-bond acceptors (Lipinski definition) is 4. The number of carbonyl (C=O) groups is 1. The first-order chi connectivity index (χ1) is 11.6. The molecule has 6 heteroatoms. The maximum absolute atomic E-state index is 13.0. The van der Waals surface area contributed by atoms with Gasteiger partial charge in [-0.1, -0.05) is 12.1 Å². The van der Waals surface area contributed by atoms with Gasteiger partial charge in [0.25, 0.3) is 0 Å². The van der Waals surface area contributed by atoms with Crippen LogP contribution in [0.5, 0.6) is 0 Å². The van der Waals surface area contributed by atoms with Gasteiger partial charge in [0.2, 0.25) is 0 Å². The molecule has 2 aliphatic rings. The number of rotatable bonds is 4. The monoisotopic (exact) mass is 336 g/mol. The minimum absolute atomic E-state index is 0.247. The summed E-state index contributed by atoms with van der Waals surface area (Å²) in [5, 5.41) is 9.57. The number of carboxylic acid groups (broad SMARTS) is 1. The summed E-state index contributed by atoms with van der Waals surface area (Å²) in [5.41, 5.74) is 1.01. The van der Waals surface area contributed by atoms with Gasteiger partial charge in [-0.25, -0.2) is 4.39 Å². The Labute approximate surface area is 142 Å². The summed E-state index contributed by atoms with van der Waals surface area (Å²) in [5.74, 6) is -1.38. The second-order valence-electron chi connectivity index (χ2n) is 6.74. The average Bonchev–Trinajstić information content (AvgIpc) is 2.81. The molecule has 5 nitrogen and oxygen atoms in total. The smallest absolute Gasteiger partial charge is 0.309 e. The van der Waals surface area contributed by atoms with Gasteiger partial charge in [0.05, 0.1) is 5.92 Å². The molecule has 0 radical (unpaired) electrons. The summed E-state index contributed by atoms with van der Waals surface area (Å²) in [4.78, 5) is 16.1. The zero-order valence-electron chi connectivity index (χ0n) is 13.9. The normalized spacial score (nSPS) is 24.6. The molecule has 0 aromatic heterocycles. The van der Waals surface area contributed by atoms with Crippen LogP contribution in [0, 0.1) is 11.7 Å². The van der Waals surface area contributed by atoms with Crippen LogP contribution in [-0.4, -0.2) is 66.3 Å². The molecule has 24 heavy (non-hydrogen) atoms. The number of hydrogen-bond donors (Lipinski definition) is 1. The molecule has 0 aliphatic carbocycles. The Kier molecular flexibility index (Phi) is 5.81. The van der Waals surface area contributed by atoms with E-state index in [9.17, 15) is 14.3 Å². The Morgan fingerprint density at radius 1 is 1.17 bits per heavy atom. The van der Waals surface area contributed by atoms with E-state index in [1.54, 1.807) is 12.1 Å². The van der Waals surface area contributed by atoms with E-state index in [0.29, 0.717) is 25.7 Å². The van der Waals surface area contributed by atoms with Crippen molar-refractivity contribution in [1.29, 1.82) is 0 Å². The Balaban J connectivity index is 1.66. The molecule has 2 saturated heterocycles. The van der Waals surface area contributed by atoms with E-state index in [1.807, 2.05) is 0 Å². The molecular weight excluding hydrogens is 311 g/mol. The summed E-state index contributed by atoms with van der Waals surface area (Å²) in [7, 11) is 0. The Bertz CT molecular complexity index is 546. The average molecular weight is 336 g/mol. The van der Waals surface area contributed by atoms with Gasteiger partial charge in [-0.2, -0.15) is 0 Å². The Morgan fingerprint density at radius 3 is 2.54 bits per heavy atom. The van der Waals surface area contributed by atoms with Crippen LogP contribution in [0.4, 0.5) is 4.39 Å². The fraction of sp³-hybridized carbons (Fsp3) is 0.611. The standard InChI is InChI=1S/C18H25FN2O3/c19-16-3-1-14(2-4-16)11-20-7-8-21(13-15(12-20)18(22)23)17-5-9-24-10-6-17/h1-4,15,17H,5-13H2,(H,22,23)/t15-/m0/s1. The zero-order chi connectivity index (χ0) is 16.9. The number of halogens is 1. The summed E-state index contributed by atoms with van der Waals surface area (Å²) in [6.45, 7) is 5.02. The number of carboxylic acids is 1. The second kappa shape index (κ2) is 8.05. The first kappa shape index (κ1) is 17.3. The molecular formula is C18H25FN2O3. The van der Waals surface area contributed by atoms with Crippen molar-refractivity contribution in [3.63, 3.8) is 0 Å². The molecule has 0 unspecified atom stereocenters. The van der Waals surface area contributed by atoms with Gasteiger partial charge >= 0.3 is 5.97 Å². The van der Waals surface area contributed by atoms with E-state index in [1.165, 1.54) is 12.1 Å². The maximum atomic E-state index is 13.0. The number of benzene rings is 1. The summed E-state index contributed by atoms with van der Waals surface area (Å²) in [6, 6.07) is 6.87.